The zero-order valence-corrected chi connectivity index (χ0v) is 13.7. The quantitative estimate of drug-likeness (QED) is 0.779. The lowest BCUT2D eigenvalue weighted by Crippen LogP contribution is -2.39. The summed E-state index contributed by atoms with van der Waals surface area (Å²) in [5, 5.41) is 12.7. The van der Waals surface area contributed by atoms with Gasteiger partial charge < -0.3 is 10.4 Å². The summed E-state index contributed by atoms with van der Waals surface area (Å²) < 4.78 is 1.06. The molecule has 7 nitrogen and oxygen atoms in total. The number of hydrogen-bond donors (Lipinski definition) is 3. The van der Waals surface area contributed by atoms with Gasteiger partial charge in [0.25, 0.3) is 0 Å². The maximum Gasteiger partial charge on any atom is 0.355 e. The normalized spacial score (nSPS) is 13.8. The zero-order chi connectivity index (χ0) is 17.1. The maximum absolute atomic E-state index is 12.0. The zero-order valence-electron chi connectivity index (χ0n) is 13.7. The molecule has 0 fully saturated rings. The molecule has 1 aromatic carbocycles. The fourth-order valence-electron chi connectivity index (χ4n) is 2.33. The summed E-state index contributed by atoms with van der Waals surface area (Å²) in [6.07, 6.45) is -0.560. The Balaban J connectivity index is 2.27. The van der Waals surface area contributed by atoms with E-state index in [1.807, 2.05) is 31.2 Å². The molecule has 0 spiro atoms. The molecular weight excluding hydrogens is 296 g/mol. The van der Waals surface area contributed by atoms with Crippen LogP contribution in [-0.2, 0) is 0 Å². The third-order valence-electron chi connectivity index (χ3n) is 3.62. The van der Waals surface area contributed by atoms with E-state index in [4.69, 9.17) is 0 Å². The van der Waals surface area contributed by atoms with Gasteiger partial charge in [0.05, 0.1) is 12.1 Å². The van der Waals surface area contributed by atoms with Crippen molar-refractivity contribution in [3.63, 3.8) is 0 Å². The molecular formula is C16H22N4O3. The second-order valence-electron chi connectivity index (χ2n) is 5.85. The van der Waals surface area contributed by atoms with Crippen molar-refractivity contribution in [1.29, 1.82) is 0 Å². The molecule has 0 aliphatic heterocycles. The molecule has 0 amide bonds. The first-order valence-electron chi connectivity index (χ1n) is 7.57. The predicted octanol–water partition coefficient (Wildman–Crippen LogP) is 1.74. The Kier molecular flexibility index (Phi) is 5.00. The summed E-state index contributed by atoms with van der Waals surface area (Å²) in [5.41, 5.74) is 0.635. The second kappa shape index (κ2) is 6.78. The van der Waals surface area contributed by atoms with Crippen LogP contribution in [0.3, 0.4) is 0 Å². The molecule has 0 bridgehead atoms. The molecule has 7 heteroatoms. The van der Waals surface area contributed by atoms with E-state index in [1.54, 1.807) is 20.8 Å². The van der Waals surface area contributed by atoms with Gasteiger partial charge in [0, 0.05) is 6.04 Å². The lowest BCUT2D eigenvalue weighted by Gasteiger charge is -2.17. The van der Waals surface area contributed by atoms with Crippen molar-refractivity contribution in [3.05, 3.63) is 56.4 Å². The van der Waals surface area contributed by atoms with Gasteiger partial charge >= 0.3 is 11.4 Å². The van der Waals surface area contributed by atoms with Gasteiger partial charge in [-0.25, -0.2) is 14.2 Å². The van der Waals surface area contributed by atoms with E-state index >= 15 is 0 Å². The highest BCUT2D eigenvalue weighted by Gasteiger charge is 2.12. The molecule has 0 saturated carbocycles. The van der Waals surface area contributed by atoms with Gasteiger partial charge in [-0.1, -0.05) is 24.3 Å². The molecule has 2 rings (SSSR count). The molecule has 1 aromatic heterocycles. The number of benzene rings is 1. The van der Waals surface area contributed by atoms with Crippen molar-refractivity contribution in [1.82, 2.24) is 14.5 Å². The fourth-order valence-corrected chi connectivity index (χ4v) is 2.33. The van der Waals surface area contributed by atoms with Gasteiger partial charge in [-0.3, -0.25) is 4.98 Å². The summed E-state index contributed by atoms with van der Waals surface area (Å²) in [6, 6.07) is 7.01. The summed E-state index contributed by atoms with van der Waals surface area (Å²) in [7, 11) is 0. The number of anilines is 1. The van der Waals surface area contributed by atoms with Crippen molar-refractivity contribution in [2.24, 2.45) is 0 Å². The number of aromatic amines is 1. The van der Waals surface area contributed by atoms with Gasteiger partial charge in [0.15, 0.2) is 0 Å². The van der Waals surface area contributed by atoms with Crippen LogP contribution in [0, 0.1) is 0 Å². The van der Waals surface area contributed by atoms with E-state index in [-0.39, 0.29) is 18.0 Å². The number of nitrogens with one attached hydrogen (secondary N) is 2. The van der Waals surface area contributed by atoms with E-state index in [2.05, 4.69) is 15.3 Å². The third-order valence-corrected chi connectivity index (χ3v) is 3.62. The Hall–Kier alpha value is -2.41. The van der Waals surface area contributed by atoms with Crippen LogP contribution in [0.15, 0.2) is 33.9 Å². The molecule has 1 unspecified atom stereocenters. The number of aromatic nitrogens is 3. The lowest BCUT2D eigenvalue weighted by atomic mass is 10.0. The molecule has 124 valence electrons. The van der Waals surface area contributed by atoms with Gasteiger partial charge in [-0.15, -0.1) is 0 Å². The van der Waals surface area contributed by atoms with Crippen LogP contribution in [0.1, 0.15) is 57.0 Å². The largest absolute Gasteiger partial charge is 0.389 e. The number of aliphatic hydroxyl groups excluding tert-OH is 1. The van der Waals surface area contributed by atoms with Crippen LogP contribution in [0.2, 0.25) is 0 Å². The molecule has 0 aliphatic rings. The van der Waals surface area contributed by atoms with E-state index < -0.39 is 17.5 Å². The molecule has 1 heterocycles. The van der Waals surface area contributed by atoms with Crippen LogP contribution < -0.4 is 16.7 Å². The first-order chi connectivity index (χ1) is 10.8. The van der Waals surface area contributed by atoms with Crippen LogP contribution in [0.5, 0.6) is 0 Å². The topological polar surface area (TPSA) is 100 Å². The van der Waals surface area contributed by atoms with Crippen LogP contribution in [-0.4, -0.2) is 19.6 Å². The minimum atomic E-state index is -0.587. The molecule has 23 heavy (non-hydrogen) atoms. The molecule has 0 saturated heterocycles. The van der Waals surface area contributed by atoms with Crippen LogP contribution >= 0.6 is 0 Å². The van der Waals surface area contributed by atoms with Crippen molar-refractivity contribution < 1.29 is 5.11 Å². The highest BCUT2D eigenvalue weighted by molar-refractivity contribution is 5.33. The Morgan fingerprint density at radius 3 is 2.39 bits per heavy atom. The first kappa shape index (κ1) is 17.0. The average Bonchev–Trinajstić information content (AvgIpc) is 2.46. The maximum atomic E-state index is 12.0. The van der Waals surface area contributed by atoms with Gasteiger partial charge in [0.2, 0.25) is 5.95 Å². The van der Waals surface area contributed by atoms with Crippen LogP contribution in [0.4, 0.5) is 5.95 Å². The number of aliphatic hydroxyl groups is 1. The summed E-state index contributed by atoms with van der Waals surface area (Å²) in [4.78, 5) is 30.3. The number of rotatable bonds is 5. The first-order valence-corrected chi connectivity index (χ1v) is 7.57. The van der Waals surface area contributed by atoms with Crippen molar-refractivity contribution in [2.45, 2.75) is 45.9 Å². The van der Waals surface area contributed by atoms with Crippen LogP contribution in [0.25, 0.3) is 0 Å². The Bertz CT molecular complexity index is 761. The van der Waals surface area contributed by atoms with Gasteiger partial charge in [-0.2, -0.15) is 4.98 Å². The van der Waals surface area contributed by atoms with E-state index in [0.29, 0.717) is 0 Å². The Morgan fingerprint density at radius 1 is 1.17 bits per heavy atom. The van der Waals surface area contributed by atoms with E-state index in [9.17, 15) is 14.7 Å². The molecule has 2 atom stereocenters. The fraction of sp³-hybridized carbons (Fsp3) is 0.438. The number of hydrogen-bond acceptors (Lipinski definition) is 5. The number of H-pyrrole nitrogens is 1. The highest BCUT2D eigenvalue weighted by Crippen LogP contribution is 2.20. The summed E-state index contributed by atoms with van der Waals surface area (Å²) in [6.45, 7) is 7.07. The standard InChI is InChI=1S/C16H22N4O3/c1-9(2)20-15(22)18-14(19-16(20)23)17-10(3)12-6-5-7-13(8-12)11(4)21/h5-11,21H,1-4H3,(H2,17,18,19,22,23)/t10-,11?/m0/s1. The Morgan fingerprint density at radius 2 is 1.83 bits per heavy atom. The minimum absolute atomic E-state index is 0.131. The monoisotopic (exact) mass is 318 g/mol. The van der Waals surface area contributed by atoms with Gasteiger partial charge in [0.1, 0.15) is 0 Å². The average molecular weight is 318 g/mol. The third kappa shape index (κ3) is 3.87. The highest BCUT2D eigenvalue weighted by atomic mass is 16.3. The molecule has 0 aliphatic carbocycles. The smallest absolute Gasteiger partial charge is 0.355 e. The SMILES string of the molecule is CC(O)c1cccc([C@H](C)Nc2nc(=O)n(C(C)C)c(=O)[nH]2)c1. The summed E-state index contributed by atoms with van der Waals surface area (Å²) >= 11 is 0. The molecule has 3 N–H and O–H groups in total. The van der Waals surface area contributed by atoms with Crippen molar-refractivity contribution in [2.75, 3.05) is 5.32 Å². The van der Waals surface area contributed by atoms with Crippen molar-refractivity contribution >= 4 is 5.95 Å². The van der Waals surface area contributed by atoms with E-state index in [1.165, 1.54) is 0 Å². The predicted molar refractivity (Wildman–Crippen MR) is 88.6 cm³/mol. The lowest BCUT2D eigenvalue weighted by molar-refractivity contribution is 0.199. The number of nitrogens with zero attached hydrogens (tertiary/aromatic N) is 2. The molecule has 2 aromatic rings. The minimum Gasteiger partial charge on any atom is -0.389 e. The second-order valence-corrected chi connectivity index (χ2v) is 5.85. The van der Waals surface area contributed by atoms with E-state index in [0.717, 1.165) is 15.7 Å². The van der Waals surface area contributed by atoms with Gasteiger partial charge in [-0.05, 0) is 38.8 Å². The van der Waals surface area contributed by atoms with Crippen molar-refractivity contribution in [3.8, 4) is 0 Å². The summed E-state index contributed by atoms with van der Waals surface area (Å²) in [5.74, 6) is 0.131. The Labute approximate surface area is 134 Å². The molecule has 0 radical (unpaired) electrons.